The van der Waals surface area contributed by atoms with Crippen molar-refractivity contribution in [3.8, 4) is 0 Å². The summed E-state index contributed by atoms with van der Waals surface area (Å²) in [6.07, 6.45) is 2.56. The second-order valence-corrected chi connectivity index (χ2v) is 5.58. The van der Waals surface area contributed by atoms with Crippen LogP contribution < -0.4 is 5.73 Å². The van der Waals surface area contributed by atoms with Gasteiger partial charge in [0.1, 0.15) is 5.82 Å². The van der Waals surface area contributed by atoms with Crippen LogP contribution in [-0.2, 0) is 4.74 Å². The van der Waals surface area contributed by atoms with Crippen LogP contribution in [0.3, 0.4) is 0 Å². The number of nitrogens with zero attached hydrogens (tertiary/aromatic N) is 1. The Kier molecular flexibility index (Phi) is 5.52. The molecular formula is C16H25FN2O. The summed E-state index contributed by atoms with van der Waals surface area (Å²) < 4.78 is 18.8. The summed E-state index contributed by atoms with van der Waals surface area (Å²) in [4.78, 5) is 2.34. The van der Waals surface area contributed by atoms with Crippen LogP contribution in [0.4, 0.5) is 4.39 Å². The Balaban J connectivity index is 2.14. The van der Waals surface area contributed by atoms with Gasteiger partial charge in [0.15, 0.2) is 0 Å². The summed E-state index contributed by atoms with van der Waals surface area (Å²) in [5, 5.41) is 0. The van der Waals surface area contributed by atoms with Crippen molar-refractivity contribution in [2.45, 2.75) is 44.9 Å². The molecule has 2 rings (SSSR count). The van der Waals surface area contributed by atoms with Crippen LogP contribution in [0.1, 0.15) is 38.3 Å². The van der Waals surface area contributed by atoms with E-state index in [4.69, 9.17) is 10.5 Å². The molecule has 2 N–H and O–H groups in total. The highest BCUT2D eigenvalue weighted by Gasteiger charge is 2.27. The number of halogens is 1. The zero-order chi connectivity index (χ0) is 14.5. The number of ether oxygens (including phenoxy) is 1. The lowest BCUT2D eigenvalue weighted by Crippen LogP contribution is -2.43. The maximum Gasteiger partial charge on any atom is 0.123 e. The van der Waals surface area contributed by atoms with Crippen LogP contribution in [0.2, 0.25) is 0 Å². The van der Waals surface area contributed by atoms with E-state index in [1.54, 1.807) is 0 Å². The number of nitrogens with two attached hydrogens (primary N) is 1. The lowest BCUT2D eigenvalue weighted by Gasteiger charge is -2.35. The van der Waals surface area contributed by atoms with Gasteiger partial charge in [0.25, 0.3) is 0 Å². The van der Waals surface area contributed by atoms with E-state index in [1.807, 2.05) is 19.1 Å². The number of hydrogen-bond acceptors (Lipinski definition) is 3. The minimum atomic E-state index is -0.209. The molecule has 0 aromatic heterocycles. The quantitative estimate of drug-likeness (QED) is 0.870. The Bertz CT molecular complexity index is 401. The van der Waals surface area contributed by atoms with Crippen LogP contribution in [0.15, 0.2) is 24.3 Å². The molecule has 0 spiro atoms. The van der Waals surface area contributed by atoms with E-state index in [2.05, 4.69) is 11.8 Å². The highest BCUT2D eigenvalue weighted by Crippen LogP contribution is 2.26. The first kappa shape index (κ1) is 15.4. The Morgan fingerprint density at radius 1 is 1.40 bits per heavy atom. The fraction of sp³-hybridized carbons (Fsp3) is 0.625. The van der Waals surface area contributed by atoms with E-state index in [-0.39, 0.29) is 17.9 Å². The van der Waals surface area contributed by atoms with Crippen molar-refractivity contribution in [1.82, 2.24) is 4.90 Å². The van der Waals surface area contributed by atoms with Gasteiger partial charge in [-0.3, -0.25) is 4.90 Å². The van der Waals surface area contributed by atoms with Gasteiger partial charge in [-0.15, -0.1) is 0 Å². The van der Waals surface area contributed by atoms with Crippen molar-refractivity contribution in [2.75, 3.05) is 19.7 Å². The second kappa shape index (κ2) is 7.16. The van der Waals surface area contributed by atoms with Crippen molar-refractivity contribution in [3.05, 3.63) is 35.6 Å². The molecular weight excluding hydrogens is 255 g/mol. The van der Waals surface area contributed by atoms with Crippen LogP contribution in [0.25, 0.3) is 0 Å². The molecule has 0 radical (unpaired) electrons. The molecule has 1 aliphatic rings. The van der Waals surface area contributed by atoms with Crippen molar-refractivity contribution in [1.29, 1.82) is 0 Å². The Hall–Kier alpha value is -0.970. The van der Waals surface area contributed by atoms with Crippen LogP contribution in [0.5, 0.6) is 0 Å². The molecule has 1 saturated heterocycles. The molecule has 1 aromatic rings. The molecule has 0 bridgehead atoms. The molecule has 3 nitrogen and oxygen atoms in total. The van der Waals surface area contributed by atoms with Gasteiger partial charge in [0, 0.05) is 25.2 Å². The van der Waals surface area contributed by atoms with Crippen LogP contribution in [-0.4, -0.2) is 36.7 Å². The highest BCUT2D eigenvalue weighted by atomic mass is 19.1. The van der Waals surface area contributed by atoms with Gasteiger partial charge < -0.3 is 10.5 Å². The summed E-state index contributed by atoms with van der Waals surface area (Å²) >= 11 is 0. The molecule has 0 aliphatic carbocycles. The van der Waals surface area contributed by atoms with E-state index in [0.29, 0.717) is 6.10 Å². The van der Waals surface area contributed by atoms with Crippen molar-refractivity contribution in [3.63, 3.8) is 0 Å². The van der Waals surface area contributed by atoms with E-state index in [1.165, 1.54) is 12.1 Å². The zero-order valence-corrected chi connectivity index (χ0v) is 12.4. The summed E-state index contributed by atoms with van der Waals surface area (Å²) in [7, 11) is 0. The summed E-state index contributed by atoms with van der Waals surface area (Å²) in [6.45, 7) is 6.80. The van der Waals surface area contributed by atoms with Gasteiger partial charge in [-0.25, -0.2) is 4.39 Å². The molecule has 112 valence electrons. The molecule has 0 saturated carbocycles. The van der Waals surface area contributed by atoms with Gasteiger partial charge in [-0.05, 0) is 44.0 Å². The predicted octanol–water partition coefficient (Wildman–Crippen LogP) is 2.71. The van der Waals surface area contributed by atoms with Gasteiger partial charge in [0.2, 0.25) is 0 Å². The second-order valence-electron chi connectivity index (χ2n) is 5.58. The fourth-order valence-corrected chi connectivity index (χ4v) is 3.00. The SMILES string of the molecule is CCN(CC1CCCO1)C(c1ccc(F)cc1)C(C)N. The summed E-state index contributed by atoms with van der Waals surface area (Å²) in [5.41, 5.74) is 7.25. The van der Waals surface area contributed by atoms with E-state index >= 15 is 0 Å². The van der Waals surface area contributed by atoms with Crippen LogP contribution >= 0.6 is 0 Å². The largest absolute Gasteiger partial charge is 0.377 e. The van der Waals surface area contributed by atoms with E-state index < -0.39 is 0 Å². The Labute approximate surface area is 120 Å². The Morgan fingerprint density at radius 2 is 2.10 bits per heavy atom. The minimum Gasteiger partial charge on any atom is -0.377 e. The van der Waals surface area contributed by atoms with Crippen molar-refractivity contribution in [2.24, 2.45) is 5.73 Å². The first-order valence-corrected chi connectivity index (χ1v) is 7.48. The number of benzene rings is 1. The predicted molar refractivity (Wildman–Crippen MR) is 79.0 cm³/mol. The standard InChI is InChI=1S/C16H25FN2O/c1-3-19(11-15-5-4-10-20-15)16(12(2)18)13-6-8-14(17)9-7-13/h6-9,12,15-16H,3-5,10-11,18H2,1-2H3. The molecule has 1 heterocycles. The molecule has 3 atom stereocenters. The smallest absolute Gasteiger partial charge is 0.123 e. The third kappa shape index (κ3) is 3.78. The maximum absolute atomic E-state index is 13.1. The molecule has 1 aliphatic heterocycles. The lowest BCUT2D eigenvalue weighted by atomic mass is 9.98. The van der Waals surface area contributed by atoms with Crippen molar-refractivity contribution < 1.29 is 9.13 Å². The molecule has 1 aromatic carbocycles. The molecule has 20 heavy (non-hydrogen) atoms. The number of hydrogen-bond donors (Lipinski definition) is 1. The van der Waals surface area contributed by atoms with Gasteiger partial charge in [-0.1, -0.05) is 19.1 Å². The monoisotopic (exact) mass is 280 g/mol. The average Bonchev–Trinajstić information content (AvgIpc) is 2.92. The average molecular weight is 280 g/mol. The first-order valence-electron chi connectivity index (χ1n) is 7.48. The third-order valence-corrected chi connectivity index (χ3v) is 3.97. The molecule has 4 heteroatoms. The maximum atomic E-state index is 13.1. The van der Waals surface area contributed by atoms with Gasteiger partial charge in [-0.2, -0.15) is 0 Å². The topological polar surface area (TPSA) is 38.5 Å². The molecule has 3 unspecified atom stereocenters. The van der Waals surface area contributed by atoms with Crippen LogP contribution in [0, 0.1) is 5.82 Å². The molecule has 1 fully saturated rings. The normalized spacial score (nSPS) is 22.1. The zero-order valence-electron chi connectivity index (χ0n) is 12.4. The van der Waals surface area contributed by atoms with E-state index in [0.717, 1.165) is 38.1 Å². The lowest BCUT2D eigenvalue weighted by molar-refractivity contribution is 0.0546. The first-order chi connectivity index (χ1) is 9.61. The highest BCUT2D eigenvalue weighted by molar-refractivity contribution is 5.21. The van der Waals surface area contributed by atoms with Crippen molar-refractivity contribution >= 4 is 0 Å². The number of likely N-dealkylation sites (N-methyl/N-ethyl adjacent to an activating group) is 1. The summed E-state index contributed by atoms with van der Waals surface area (Å²) in [6, 6.07) is 6.77. The van der Waals surface area contributed by atoms with E-state index in [9.17, 15) is 4.39 Å². The number of rotatable bonds is 6. The Morgan fingerprint density at radius 3 is 2.60 bits per heavy atom. The molecule has 0 amide bonds. The van der Waals surface area contributed by atoms with Gasteiger partial charge >= 0.3 is 0 Å². The minimum absolute atomic E-state index is 0.0122. The van der Waals surface area contributed by atoms with Gasteiger partial charge in [0.05, 0.1) is 6.10 Å². The summed E-state index contributed by atoms with van der Waals surface area (Å²) in [5.74, 6) is -0.209. The fourth-order valence-electron chi connectivity index (χ4n) is 3.00. The third-order valence-electron chi connectivity index (χ3n) is 3.97.